The second-order valence-corrected chi connectivity index (χ2v) is 7.02. The maximum absolute atomic E-state index is 12.9. The molecular weight excluding hydrogens is 476 g/mol. The summed E-state index contributed by atoms with van der Waals surface area (Å²) in [6, 6.07) is 15.1. The molecule has 2 aromatic rings. The van der Waals surface area contributed by atoms with E-state index in [1.54, 1.807) is 31.2 Å². The molecule has 0 fully saturated rings. The smallest absolute Gasteiger partial charge is 0.351 e. The van der Waals surface area contributed by atoms with Crippen LogP contribution in [-0.4, -0.2) is 68.2 Å². The summed E-state index contributed by atoms with van der Waals surface area (Å²) in [6.45, 7) is 0.583. The highest BCUT2D eigenvalue weighted by Crippen LogP contribution is 2.15. The third kappa shape index (κ3) is 8.35. The van der Waals surface area contributed by atoms with Gasteiger partial charge in [0.05, 0.1) is 24.8 Å². The van der Waals surface area contributed by atoms with Crippen molar-refractivity contribution in [1.29, 1.82) is 0 Å². The Hall–Kier alpha value is -4.54. The van der Waals surface area contributed by atoms with Crippen LogP contribution in [0.4, 0.5) is 0 Å². The van der Waals surface area contributed by atoms with Crippen molar-refractivity contribution in [1.82, 2.24) is 0 Å². The Morgan fingerprint density at radius 1 is 0.694 bits per heavy atom. The fourth-order valence-corrected chi connectivity index (χ4v) is 2.78. The molecule has 2 aromatic carbocycles. The standard InChI is InChI=1S/C25H24O11/c1-3-33-19(27)14-20(28)34-15-18(26)21(35-23(29)16-10-6-4-7-11-16)22(25(31)32-2)36-24(30)17-12-8-5-9-13-17/h4-13,21-22H,3,14-15H2,1-2H3/t21-,22+/m0/s1. The van der Waals surface area contributed by atoms with E-state index in [-0.39, 0.29) is 17.7 Å². The van der Waals surface area contributed by atoms with Gasteiger partial charge in [0.15, 0.2) is 6.61 Å². The Kier molecular flexibility index (Phi) is 10.8. The molecule has 2 rings (SSSR count). The van der Waals surface area contributed by atoms with Gasteiger partial charge in [-0.15, -0.1) is 0 Å². The molecule has 0 bridgehead atoms. The van der Waals surface area contributed by atoms with Crippen molar-refractivity contribution in [2.45, 2.75) is 25.6 Å². The van der Waals surface area contributed by atoms with Crippen LogP contribution < -0.4 is 0 Å². The van der Waals surface area contributed by atoms with Gasteiger partial charge in [-0.2, -0.15) is 0 Å². The maximum atomic E-state index is 12.9. The van der Waals surface area contributed by atoms with Crippen molar-refractivity contribution < 1.29 is 52.5 Å². The van der Waals surface area contributed by atoms with E-state index in [1.165, 1.54) is 36.4 Å². The molecule has 0 saturated heterocycles. The van der Waals surface area contributed by atoms with Crippen LogP contribution >= 0.6 is 0 Å². The van der Waals surface area contributed by atoms with E-state index in [4.69, 9.17) is 14.2 Å². The van der Waals surface area contributed by atoms with Crippen molar-refractivity contribution in [2.75, 3.05) is 20.3 Å². The average Bonchev–Trinajstić information content (AvgIpc) is 2.89. The summed E-state index contributed by atoms with van der Waals surface area (Å²) < 4.78 is 24.4. The summed E-state index contributed by atoms with van der Waals surface area (Å²) >= 11 is 0. The summed E-state index contributed by atoms with van der Waals surface area (Å²) in [6.07, 6.45) is -4.82. The monoisotopic (exact) mass is 500 g/mol. The summed E-state index contributed by atoms with van der Waals surface area (Å²) in [5, 5.41) is 0. The molecule has 0 aliphatic heterocycles. The lowest BCUT2D eigenvalue weighted by Gasteiger charge is -2.24. The lowest BCUT2D eigenvalue weighted by atomic mass is 10.1. The highest BCUT2D eigenvalue weighted by molar-refractivity contribution is 5.99. The molecule has 36 heavy (non-hydrogen) atoms. The van der Waals surface area contributed by atoms with E-state index >= 15 is 0 Å². The van der Waals surface area contributed by atoms with Crippen LogP contribution in [0.2, 0.25) is 0 Å². The largest absolute Gasteiger partial charge is 0.466 e. The van der Waals surface area contributed by atoms with E-state index in [1.807, 2.05) is 0 Å². The molecule has 2 atom stereocenters. The fraction of sp³-hybridized carbons (Fsp3) is 0.280. The molecule has 0 unspecified atom stereocenters. The van der Waals surface area contributed by atoms with Crippen LogP contribution in [0, 0.1) is 0 Å². The number of methoxy groups -OCH3 is 1. The third-order valence-corrected chi connectivity index (χ3v) is 4.48. The zero-order valence-electron chi connectivity index (χ0n) is 19.5. The van der Waals surface area contributed by atoms with Gasteiger partial charge >= 0.3 is 29.8 Å². The van der Waals surface area contributed by atoms with Gasteiger partial charge in [0.2, 0.25) is 18.0 Å². The first-order valence-electron chi connectivity index (χ1n) is 10.7. The number of carbonyl (C=O) groups excluding carboxylic acids is 6. The first-order chi connectivity index (χ1) is 17.3. The van der Waals surface area contributed by atoms with Gasteiger partial charge in [0, 0.05) is 0 Å². The van der Waals surface area contributed by atoms with Crippen LogP contribution in [0.5, 0.6) is 0 Å². The summed E-state index contributed by atoms with van der Waals surface area (Å²) in [5.41, 5.74) is 0.0838. The molecule has 0 aromatic heterocycles. The van der Waals surface area contributed by atoms with Crippen molar-refractivity contribution in [3.05, 3.63) is 71.8 Å². The molecule has 11 nitrogen and oxygen atoms in total. The van der Waals surface area contributed by atoms with E-state index in [0.29, 0.717) is 0 Å². The molecular formula is C25H24O11. The first kappa shape index (κ1) is 27.7. The van der Waals surface area contributed by atoms with Crippen LogP contribution in [0.25, 0.3) is 0 Å². The lowest BCUT2D eigenvalue weighted by molar-refractivity contribution is -0.164. The van der Waals surface area contributed by atoms with Gasteiger partial charge in [0.1, 0.15) is 6.42 Å². The number of carbonyl (C=O) groups is 6. The van der Waals surface area contributed by atoms with E-state index in [2.05, 4.69) is 9.47 Å². The third-order valence-electron chi connectivity index (χ3n) is 4.48. The molecule has 0 spiro atoms. The Balaban J connectivity index is 2.27. The molecule has 0 N–H and O–H groups in total. The topological polar surface area (TPSA) is 149 Å². The van der Waals surface area contributed by atoms with Gasteiger partial charge in [-0.25, -0.2) is 14.4 Å². The minimum absolute atomic E-state index is 0.0348. The number of ketones is 1. The van der Waals surface area contributed by atoms with Crippen LogP contribution in [0.3, 0.4) is 0 Å². The molecule has 0 aliphatic rings. The number of rotatable bonds is 12. The normalized spacial score (nSPS) is 11.8. The summed E-state index contributed by atoms with van der Waals surface area (Å²) in [4.78, 5) is 74.0. The van der Waals surface area contributed by atoms with E-state index < -0.39 is 60.9 Å². The van der Waals surface area contributed by atoms with Gasteiger partial charge in [-0.3, -0.25) is 14.4 Å². The number of Topliss-reactive ketones (excluding diaryl/α,β-unsaturated/α-hetero) is 1. The number of ether oxygens (including phenoxy) is 5. The van der Waals surface area contributed by atoms with Gasteiger partial charge < -0.3 is 23.7 Å². The molecule has 0 radical (unpaired) electrons. The quantitative estimate of drug-likeness (QED) is 0.238. The van der Waals surface area contributed by atoms with Gasteiger partial charge in [-0.05, 0) is 31.2 Å². The number of hydrogen-bond donors (Lipinski definition) is 0. The Morgan fingerprint density at radius 3 is 1.64 bits per heavy atom. The van der Waals surface area contributed by atoms with Crippen LogP contribution in [0.1, 0.15) is 34.1 Å². The number of esters is 5. The molecule has 0 aliphatic carbocycles. The minimum Gasteiger partial charge on any atom is -0.466 e. The average molecular weight is 500 g/mol. The maximum Gasteiger partial charge on any atom is 0.351 e. The van der Waals surface area contributed by atoms with Crippen LogP contribution in [-0.2, 0) is 42.9 Å². The van der Waals surface area contributed by atoms with Gasteiger partial charge in [-0.1, -0.05) is 36.4 Å². The molecule has 0 saturated carbocycles. The number of benzene rings is 2. The van der Waals surface area contributed by atoms with E-state index in [9.17, 15) is 28.8 Å². The summed E-state index contributed by atoms with van der Waals surface area (Å²) in [7, 11) is 0.978. The first-order valence-corrected chi connectivity index (χ1v) is 10.7. The molecule has 190 valence electrons. The predicted molar refractivity (Wildman–Crippen MR) is 121 cm³/mol. The van der Waals surface area contributed by atoms with Crippen molar-refractivity contribution in [3.63, 3.8) is 0 Å². The van der Waals surface area contributed by atoms with Gasteiger partial charge in [0.25, 0.3) is 0 Å². The second-order valence-electron chi connectivity index (χ2n) is 7.02. The highest BCUT2D eigenvalue weighted by atomic mass is 16.6. The van der Waals surface area contributed by atoms with Crippen molar-refractivity contribution in [2.24, 2.45) is 0 Å². The summed E-state index contributed by atoms with van der Waals surface area (Å²) in [5.74, 6) is -6.28. The Labute approximate surface area is 206 Å². The molecule has 11 heteroatoms. The molecule has 0 heterocycles. The lowest BCUT2D eigenvalue weighted by Crippen LogP contribution is -2.47. The van der Waals surface area contributed by atoms with Crippen molar-refractivity contribution >= 4 is 35.6 Å². The molecule has 0 amide bonds. The SMILES string of the molecule is CCOC(=O)CC(=O)OCC(=O)[C@H](OC(=O)c1ccccc1)[C@@H](OC(=O)c1ccccc1)C(=O)OC. The Morgan fingerprint density at radius 2 is 1.17 bits per heavy atom. The zero-order chi connectivity index (χ0) is 26.5. The van der Waals surface area contributed by atoms with Crippen molar-refractivity contribution in [3.8, 4) is 0 Å². The van der Waals surface area contributed by atoms with Crippen LogP contribution in [0.15, 0.2) is 60.7 Å². The minimum atomic E-state index is -2.03. The fourth-order valence-electron chi connectivity index (χ4n) is 2.78. The Bertz CT molecular complexity index is 1080. The second kappa shape index (κ2) is 14.0. The zero-order valence-corrected chi connectivity index (χ0v) is 19.5. The highest BCUT2D eigenvalue weighted by Gasteiger charge is 2.41. The number of hydrogen-bond acceptors (Lipinski definition) is 11. The van der Waals surface area contributed by atoms with E-state index in [0.717, 1.165) is 7.11 Å². The predicted octanol–water partition coefficient (Wildman–Crippen LogP) is 1.68.